The van der Waals surface area contributed by atoms with Gasteiger partial charge in [0.25, 0.3) is 6.08 Å². The molecular formula is C87H85BBrF8N15O8. The number of aromatic nitrogens is 12. The van der Waals surface area contributed by atoms with Gasteiger partial charge in [0, 0.05) is 43.9 Å². The van der Waals surface area contributed by atoms with E-state index in [2.05, 4.69) is 93.8 Å². The topological polar surface area (TPSA) is 319 Å². The number of hydrogen-bond acceptors (Lipinski definition) is 17. The Morgan fingerprint density at radius 1 is 0.450 bits per heavy atom. The van der Waals surface area contributed by atoms with E-state index >= 15 is 0 Å². The Bertz CT molecular complexity index is 5440. The van der Waals surface area contributed by atoms with Crippen molar-refractivity contribution < 1.29 is 73.8 Å². The maximum atomic E-state index is 13.1. The van der Waals surface area contributed by atoms with Crippen LogP contribution in [0, 0.1) is 20.8 Å². The molecule has 8 N–H and O–H groups in total. The lowest BCUT2D eigenvalue weighted by atomic mass is 9.77. The highest BCUT2D eigenvalue weighted by Gasteiger charge is 2.28. The molecule has 0 saturated carbocycles. The summed E-state index contributed by atoms with van der Waals surface area (Å²) >= 11 is 3.35. The molecule has 0 fully saturated rings. The van der Waals surface area contributed by atoms with E-state index in [0.29, 0.717) is 144 Å². The molecule has 0 aliphatic heterocycles. The molecule has 0 spiro atoms. The predicted molar refractivity (Wildman–Crippen MR) is 450 cm³/mol. The highest BCUT2D eigenvalue weighted by atomic mass is 79.9. The number of hydrogen-bond donors (Lipinski definition) is 8. The number of benzene rings is 9. The van der Waals surface area contributed by atoms with Crippen LogP contribution in [-0.4, -0.2) is 129 Å². The molecule has 622 valence electrons. The molecule has 3 heterocycles. The maximum absolute atomic E-state index is 13.1. The van der Waals surface area contributed by atoms with Gasteiger partial charge in [-0.05, 0) is 136 Å². The Balaban J connectivity index is 0.000000191. The first-order chi connectivity index (χ1) is 57.6. The number of carbonyl (C=O) groups is 3. The molecule has 12 aromatic rings. The molecule has 33 heteroatoms. The van der Waals surface area contributed by atoms with Gasteiger partial charge in [-0.25, -0.2) is 0 Å². The van der Waals surface area contributed by atoms with Crippen molar-refractivity contribution in [2.24, 2.45) is 0 Å². The SMILES string of the molecule is CCCOc1c(/C=C/C=C(F)F)cc(-c2ccccc2-c2nn[nH]n2)cc1NC(=O)Cc1ccc(C)cc1.CCCOc1c(/C=C/CC(F)(F)F)cc(-c2ccccc2-c2nn[nH]n2)cc1NC(=O)Cc1ccc(C)cc1.CCCOc1c(/C=C/CC(F)(F)F)cc(Br)cc1NC(=O)Cc1ccc(C)cc1.OB(O)c1ccccc1-c1nn[nH]n1. The second-order valence-corrected chi connectivity index (χ2v) is 27.9. The molecular weight excluding hydrogens is 1630 g/mol. The fourth-order valence-electron chi connectivity index (χ4n) is 11.7. The number of aryl methyl sites for hydroxylation is 3. The minimum absolute atomic E-state index is 0.121. The standard InChI is InChI=1S/C29H28F3N5O2.C29H27F2N5O2.C22H23BrF3NO2.C7H7BN4O2/c1-3-15-39-27-21(7-6-14-29(30,31)32)17-22(23-8-4-5-9-24(23)28-34-36-37-35-28)18-25(27)33-26(38)16-20-12-10-19(2)11-13-20;1-3-15-38-28-21(7-6-10-26(30)31)17-22(23-8-4-5-9-24(23)29-33-35-36-34-29)18-25(28)32-27(37)16-20-13-11-19(2)12-14-20;1-3-11-29-21-17(5-4-10-22(24,25)26)13-18(23)14-19(21)27-20(28)12-16-8-6-15(2)7-9-16;13-8(14)6-4-2-1-3-5(6)7-9-11-12-10-7/h4-13,17-18H,3,14-16H2,1-2H3,(H,33,38)(H,34,35,36,37);4-14,17-18H,3,15-16H2,1-2H3,(H,32,37)(H,33,34,35,36);4-9,13-14H,3,10-12H2,1-2H3,(H,27,28);1-4,13-14H,(H,9,10,11,12)/b2*7-6+;5-4+;. The first-order valence-electron chi connectivity index (χ1n) is 37.8. The van der Waals surface area contributed by atoms with E-state index in [1.807, 2.05) is 169 Å². The Hall–Kier alpha value is -13.1. The zero-order chi connectivity index (χ0) is 86.1. The van der Waals surface area contributed by atoms with Crippen molar-refractivity contribution in [3.05, 3.63) is 267 Å². The number of nitrogens with one attached hydrogen (secondary N) is 6. The average molecular weight is 1710 g/mol. The smallest absolute Gasteiger partial charge is 0.489 e. The normalized spacial score (nSPS) is 11.2. The largest absolute Gasteiger partial charge is 0.491 e. The third-order valence-electron chi connectivity index (χ3n) is 17.2. The van der Waals surface area contributed by atoms with Gasteiger partial charge < -0.3 is 40.2 Å². The quantitative estimate of drug-likeness (QED) is 0.0118. The molecule has 0 saturated heterocycles. The molecule has 9 aromatic carbocycles. The highest BCUT2D eigenvalue weighted by Crippen LogP contribution is 2.42. The highest BCUT2D eigenvalue weighted by molar-refractivity contribution is 9.10. The number of anilines is 3. The monoisotopic (exact) mass is 1710 g/mol. The number of rotatable bonds is 30. The molecule has 120 heavy (non-hydrogen) atoms. The summed E-state index contributed by atoms with van der Waals surface area (Å²) in [7, 11) is -1.54. The van der Waals surface area contributed by atoms with Crippen LogP contribution < -0.4 is 35.6 Å². The molecule has 3 amide bonds. The zero-order valence-corrected chi connectivity index (χ0v) is 67.6. The van der Waals surface area contributed by atoms with Crippen molar-refractivity contribution in [3.8, 4) is 73.7 Å². The number of nitrogens with zero attached hydrogens (tertiary/aromatic N) is 9. The van der Waals surface area contributed by atoms with Gasteiger partial charge in [0.05, 0.1) is 69.0 Å². The second kappa shape index (κ2) is 45.0. The van der Waals surface area contributed by atoms with Crippen LogP contribution in [0.1, 0.15) is 103 Å². The van der Waals surface area contributed by atoms with Crippen LogP contribution in [0.15, 0.2) is 217 Å². The lowest BCUT2D eigenvalue weighted by Gasteiger charge is -2.18. The van der Waals surface area contributed by atoms with E-state index in [4.69, 9.17) is 24.3 Å². The number of H-pyrrole nitrogens is 3. The molecule has 3 aromatic heterocycles. The van der Waals surface area contributed by atoms with Gasteiger partial charge in [0.2, 0.25) is 35.2 Å². The van der Waals surface area contributed by atoms with Crippen molar-refractivity contribution in [2.75, 3.05) is 35.8 Å². The molecule has 0 aliphatic rings. The molecule has 12 rings (SSSR count). The van der Waals surface area contributed by atoms with E-state index in [1.165, 1.54) is 24.3 Å². The van der Waals surface area contributed by atoms with Crippen LogP contribution in [-0.2, 0) is 33.6 Å². The van der Waals surface area contributed by atoms with E-state index in [-0.39, 0.29) is 37.0 Å². The zero-order valence-electron chi connectivity index (χ0n) is 66.0. The summed E-state index contributed by atoms with van der Waals surface area (Å²) in [5, 5.41) is 68.6. The molecule has 0 atom stereocenters. The fourth-order valence-corrected chi connectivity index (χ4v) is 12.2. The molecule has 0 radical (unpaired) electrons. The van der Waals surface area contributed by atoms with Crippen molar-refractivity contribution in [3.63, 3.8) is 0 Å². The lowest BCUT2D eigenvalue weighted by Crippen LogP contribution is -2.31. The van der Waals surface area contributed by atoms with Gasteiger partial charge in [-0.1, -0.05) is 235 Å². The van der Waals surface area contributed by atoms with Gasteiger partial charge in [-0.2, -0.15) is 50.8 Å². The number of ether oxygens (including phenoxy) is 3. The maximum Gasteiger partial charge on any atom is 0.489 e. The lowest BCUT2D eigenvalue weighted by molar-refractivity contribution is -0.125. The van der Waals surface area contributed by atoms with E-state index in [0.717, 1.165) is 63.9 Å². The molecule has 0 unspecified atom stereocenters. The molecule has 0 aliphatic carbocycles. The number of amides is 3. The van der Waals surface area contributed by atoms with E-state index in [9.17, 15) is 49.5 Å². The number of tetrazole rings is 3. The van der Waals surface area contributed by atoms with Gasteiger partial charge in [0.15, 0.2) is 0 Å². The van der Waals surface area contributed by atoms with Crippen molar-refractivity contribution >= 4 is 81.5 Å². The summed E-state index contributed by atoms with van der Waals surface area (Å²) in [6, 6.07) is 54.9. The van der Waals surface area contributed by atoms with Gasteiger partial charge in [0.1, 0.15) is 17.2 Å². The van der Waals surface area contributed by atoms with Gasteiger partial charge in [-0.15, -0.1) is 30.6 Å². The van der Waals surface area contributed by atoms with Gasteiger partial charge >= 0.3 is 19.5 Å². The Morgan fingerprint density at radius 2 is 0.783 bits per heavy atom. The van der Waals surface area contributed by atoms with Crippen LogP contribution >= 0.6 is 15.9 Å². The minimum atomic E-state index is -4.35. The number of halogens is 9. The predicted octanol–water partition coefficient (Wildman–Crippen LogP) is 18.6. The van der Waals surface area contributed by atoms with Crippen LogP contribution in [0.4, 0.5) is 52.2 Å². The summed E-state index contributed by atoms with van der Waals surface area (Å²) in [6.45, 7) is 12.8. The van der Waals surface area contributed by atoms with Crippen LogP contribution in [0.3, 0.4) is 0 Å². The summed E-state index contributed by atoms with van der Waals surface area (Å²) < 4.78 is 120. The van der Waals surface area contributed by atoms with Crippen molar-refractivity contribution in [1.82, 2.24) is 61.9 Å². The Morgan fingerprint density at radius 3 is 1.12 bits per heavy atom. The third-order valence-corrected chi connectivity index (χ3v) is 17.7. The summed E-state index contributed by atoms with van der Waals surface area (Å²) in [5.74, 6) is 1.39. The number of carbonyl (C=O) groups excluding carboxylic acids is 3. The number of alkyl halides is 6. The van der Waals surface area contributed by atoms with Crippen LogP contribution in [0.25, 0.3) is 74.6 Å². The van der Waals surface area contributed by atoms with E-state index < -0.39 is 38.4 Å². The Labute approximate surface area is 695 Å². The van der Waals surface area contributed by atoms with E-state index in [1.54, 1.807) is 54.6 Å². The molecule has 0 bridgehead atoms. The first-order valence-corrected chi connectivity index (χ1v) is 38.6. The summed E-state index contributed by atoms with van der Waals surface area (Å²) in [4.78, 5) is 38.7. The summed E-state index contributed by atoms with van der Waals surface area (Å²) in [5.41, 5.74) is 13.6. The summed E-state index contributed by atoms with van der Waals surface area (Å²) in [6.07, 6.45) is -1.71. The van der Waals surface area contributed by atoms with Crippen molar-refractivity contribution in [1.29, 1.82) is 0 Å². The van der Waals surface area contributed by atoms with Crippen LogP contribution in [0.2, 0.25) is 0 Å². The van der Waals surface area contributed by atoms with Gasteiger partial charge in [-0.3, -0.25) is 14.4 Å². The number of allylic oxidation sites excluding steroid dienone is 4. The molecule has 23 nitrogen and oxygen atoms in total. The minimum Gasteiger partial charge on any atom is -0.491 e. The first kappa shape index (κ1) is 90.8. The average Bonchev–Trinajstić information content (AvgIpc) is 1.08. The third kappa shape index (κ3) is 28.6. The fraction of sp³-hybridized carbons (Fsp3) is 0.218. The van der Waals surface area contributed by atoms with Crippen molar-refractivity contribution in [2.45, 2.75) is 105 Å². The second-order valence-electron chi connectivity index (χ2n) is 27.0. The Kier molecular flexibility index (Phi) is 34.0. The number of aromatic amines is 3. The van der Waals surface area contributed by atoms with Crippen LogP contribution in [0.5, 0.6) is 17.2 Å².